The lowest BCUT2D eigenvalue weighted by molar-refractivity contribution is -0.132. The van der Waals surface area contributed by atoms with Gasteiger partial charge in [-0.2, -0.15) is 0 Å². The van der Waals surface area contributed by atoms with Crippen molar-refractivity contribution in [1.82, 2.24) is 4.98 Å². The molecule has 1 aliphatic heterocycles. The van der Waals surface area contributed by atoms with E-state index in [1.165, 1.54) is 4.90 Å². The van der Waals surface area contributed by atoms with Gasteiger partial charge in [-0.25, -0.2) is 0 Å². The fourth-order valence-electron chi connectivity index (χ4n) is 4.18. The molecule has 0 bridgehead atoms. The van der Waals surface area contributed by atoms with Crippen molar-refractivity contribution < 1.29 is 14.7 Å². The number of carbonyl (C=O) groups excluding carboxylic acids is 2. The molecule has 4 aromatic rings. The van der Waals surface area contributed by atoms with Crippen molar-refractivity contribution in [2.75, 3.05) is 4.90 Å². The summed E-state index contributed by atoms with van der Waals surface area (Å²) in [4.78, 5) is 32.0. The van der Waals surface area contributed by atoms with Gasteiger partial charge in [-0.15, -0.1) is 0 Å². The van der Waals surface area contributed by atoms with Crippen LogP contribution in [0, 0.1) is 6.92 Å². The number of anilines is 1. The van der Waals surface area contributed by atoms with Gasteiger partial charge in [0.25, 0.3) is 11.7 Å². The highest BCUT2D eigenvalue weighted by atomic mass is 35.5. The van der Waals surface area contributed by atoms with Crippen LogP contribution in [0.5, 0.6) is 0 Å². The van der Waals surface area contributed by atoms with E-state index in [0.29, 0.717) is 21.8 Å². The highest BCUT2D eigenvalue weighted by Crippen LogP contribution is 2.42. The second-order valence-corrected chi connectivity index (χ2v) is 8.36. The maximum absolute atomic E-state index is 13.2. The van der Waals surface area contributed by atoms with Gasteiger partial charge in [0, 0.05) is 28.7 Å². The summed E-state index contributed by atoms with van der Waals surface area (Å²) in [6.45, 7) is 1.86. The van der Waals surface area contributed by atoms with E-state index < -0.39 is 17.7 Å². The van der Waals surface area contributed by atoms with E-state index in [-0.39, 0.29) is 11.3 Å². The number of fused-ring (bicyclic) bond motifs is 1. The van der Waals surface area contributed by atoms with E-state index in [1.54, 1.807) is 54.9 Å². The Kier molecular flexibility index (Phi) is 5.19. The molecule has 1 aliphatic rings. The van der Waals surface area contributed by atoms with Gasteiger partial charge in [-0.3, -0.25) is 19.5 Å². The molecule has 162 valence electrons. The molecule has 1 N–H and O–H groups in total. The number of aryl methyl sites for hydroxylation is 1. The number of Topliss-reactive ketones (excluding diaryl/α,β-unsaturated/α-hetero) is 1. The topological polar surface area (TPSA) is 70.5 Å². The van der Waals surface area contributed by atoms with Gasteiger partial charge in [-0.05, 0) is 53.1 Å². The average molecular weight is 455 g/mol. The largest absolute Gasteiger partial charge is 0.507 e. The average Bonchev–Trinajstić information content (AvgIpc) is 3.11. The summed E-state index contributed by atoms with van der Waals surface area (Å²) in [6.07, 6.45) is 3.20. The van der Waals surface area contributed by atoms with Gasteiger partial charge in [-0.1, -0.05) is 60.1 Å². The van der Waals surface area contributed by atoms with Gasteiger partial charge < -0.3 is 5.11 Å². The zero-order valence-electron chi connectivity index (χ0n) is 17.7. The first kappa shape index (κ1) is 20.9. The number of carbonyl (C=O) groups is 2. The molecule has 1 unspecified atom stereocenters. The lowest BCUT2D eigenvalue weighted by Crippen LogP contribution is -2.29. The summed E-state index contributed by atoms with van der Waals surface area (Å²) in [5.74, 6) is -1.72. The number of halogens is 1. The minimum Gasteiger partial charge on any atom is -0.507 e. The number of nitrogens with zero attached hydrogens (tertiary/aromatic N) is 2. The number of rotatable bonds is 3. The number of hydrogen-bond acceptors (Lipinski definition) is 4. The summed E-state index contributed by atoms with van der Waals surface area (Å²) >= 11 is 6.32. The Morgan fingerprint density at radius 1 is 0.970 bits per heavy atom. The van der Waals surface area contributed by atoms with Crippen LogP contribution < -0.4 is 4.90 Å². The van der Waals surface area contributed by atoms with Crippen molar-refractivity contribution in [3.63, 3.8) is 0 Å². The van der Waals surface area contributed by atoms with E-state index in [0.717, 1.165) is 16.3 Å². The van der Waals surface area contributed by atoms with E-state index in [1.807, 2.05) is 37.3 Å². The van der Waals surface area contributed by atoms with E-state index in [4.69, 9.17) is 11.6 Å². The van der Waals surface area contributed by atoms with Crippen molar-refractivity contribution >= 4 is 45.5 Å². The lowest BCUT2D eigenvalue weighted by atomic mass is 9.95. The number of ketones is 1. The Morgan fingerprint density at radius 2 is 1.76 bits per heavy atom. The van der Waals surface area contributed by atoms with Gasteiger partial charge in [0.1, 0.15) is 5.76 Å². The Morgan fingerprint density at radius 3 is 2.48 bits per heavy atom. The minimum absolute atomic E-state index is 0.0139. The number of benzene rings is 3. The highest BCUT2D eigenvalue weighted by Gasteiger charge is 2.47. The molecular formula is C27H19ClN2O3. The summed E-state index contributed by atoms with van der Waals surface area (Å²) in [5, 5.41) is 13.7. The van der Waals surface area contributed by atoms with Crippen molar-refractivity contribution in [3.8, 4) is 0 Å². The lowest BCUT2D eigenvalue weighted by Gasteiger charge is -2.25. The molecule has 2 heterocycles. The van der Waals surface area contributed by atoms with Crippen LogP contribution in [0.1, 0.15) is 22.7 Å². The third-order valence-electron chi connectivity index (χ3n) is 5.90. The van der Waals surface area contributed by atoms with E-state index in [2.05, 4.69) is 4.98 Å². The normalized spacial score (nSPS) is 17.6. The first-order chi connectivity index (χ1) is 16.0. The fraction of sp³-hybridized carbons (Fsp3) is 0.0741. The molecule has 33 heavy (non-hydrogen) atoms. The van der Waals surface area contributed by atoms with Crippen molar-refractivity contribution in [2.24, 2.45) is 0 Å². The van der Waals surface area contributed by atoms with Gasteiger partial charge in [0.15, 0.2) is 0 Å². The smallest absolute Gasteiger partial charge is 0.300 e. The summed E-state index contributed by atoms with van der Waals surface area (Å²) < 4.78 is 0. The third kappa shape index (κ3) is 3.56. The highest BCUT2D eigenvalue weighted by molar-refractivity contribution is 6.51. The van der Waals surface area contributed by atoms with E-state index in [9.17, 15) is 14.7 Å². The molecule has 1 saturated heterocycles. The molecule has 0 aliphatic carbocycles. The molecule has 0 radical (unpaired) electrons. The molecule has 1 aromatic heterocycles. The Hall–Kier alpha value is -3.96. The monoisotopic (exact) mass is 454 g/mol. The number of aliphatic hydroxyl groups is 1. The molecule has 0 saturated carbocycles. The van der Waals surface area contributed by atoms with Crippen LogP contribution in [-0.4, -0.2) is 21.8 Å². The Balaban J connectivity index is 1.73. The van der Waals surface area contributed by atoms with Crippen LogP contribution in [0.3, 0.4) is 0 Å². The maximum atomic E-state index is 13.2. The van der Waals surface area contributed by atoms with Crippen LogP contribution in [-0.2, 0) is 9.59 Å². The summed E-state index contributed by atoms with van der Waals surface area (Å²) in [7, 11) is 0. The molecular weight excluding hydrogens is 436 g/mol. The second kappa shape index (κ2) is 8.19. The molecule has 6 heteroatoms. The fourth-order valence-corrected chi connectivity index (χ4v) is 4.35. The Labute approximate surface area is 195 Å². The standard InChI is InChI=1S/C27H19ClN2O3/c1-16-8-11-21(14-22(16)28)30-24(20-7-4-12-29-15-20)23(26(32)27(30)33)25(31)19-10-9-17-5-2-3-6-18(17)13-19/h2-15,24,31H,1H3/b25-23-. The minimum atomic E-state index is -0.844. The summed E-state index contributed by atoms with van der Waals surface area (Å²) in [6, 6.07) is 21.0. The zero-order valence-corrected chi connectivity index (χ0v) is 18.5. The van der Waals surface area contributed by atoms with E-state index >= 15 is 0 Å². The molecule has 5 rings (SSSR count). The number of aromatic nitrogens is 1. The number of aliphatic hydroxyl groups excluding tert-OH is 1. The predicted molar refractivity (Wildman–Crippen MR) is 129 cm³/mol. The van der Waals surface area contributed by atoms with Crippen LogP contribution >= 0.6 is 11.6 Å². The van der Waals surface area contributed by atoms with Gasteiger partial charge >= 0.3 is 0 Å². The van der Waals surface area contributed by atoms with Gasteiger partial charge in [0.2, 0.25) is 0 Å². The zero-order chi connectivity index (χ0) is 23.1. The first-order valence-corrected chi connectivity index (χ1v) is 10.8. The SMILES string of the molecule is Cc1ccc(N2C(=O)C(=O)/C(=C(\O)c3ccc4ccccc4c3)C2c2cccnc2)cc1Cl. The van der Waals surface area contributed by atoms with Gasteiger partial charge in [0.05, 0.1) is 11.6 Å². The van der Waals surface area contributed by atoms with Crippen molar-refractivity contribution in [1.29, 1.82) is 0 Å². The molecule has 1 fully saturated rings. The summed E-state index contributed by atoms with van der Waals surface area (Å²) in [5.41, 5.74) is 2.41. The van der Waals surface area contributed by atoms with Crippen LogP contribution in [0.2, 0.25) is 5.02 Å². The molecule has 1 atom stereocenters. The quantitative estimate of drug-likeness (QED) is 0.240. The third-order valence-corrected chi connectivity index (χ3v) is 6.31. The van der Waals surface area contributed by atoms with Crippen LogP contribution in [0.4, 0.5) is 5.69 Å². The molecule has 3 aromatic carbocycles. The first-order valence-electron chi connectivity index (χ1n) is 10.4. The molecule has 5 nitrogen and oxygen atoms in total. The molecule has 1 amide bonds. The number of pyridine rings is 1. The van der Waals surface area contributed by atoms with Crippen molar-refractivity contribution in [3.05, 3.63) is 112 Å². The molecule has 0 spiro atoms. The number of amides is 1. The Bertz CT molecular complexity index is 1450. The second-order valence-electron chi connectivity index (χ2n) is 7.95. The van der Waals surface area contributed by atoms with Crippen LogP contribution in [0.25, 0.3) is 16.5 Å². The van der Waals surface area contributed by atoms with Crippen molar-refractivity contribution in [2.45, 2.75) is 13.0 Å². The number of hydrogen-bond donors (Lipinski definition) is 1. The predicted octanol–water partition coefficient (Wildman–Crippen LogP) is 5.82. The van der Waals surface area contributed by atoms with Crippen LogP contribution in [0.15, 0.2) is 90.8 Å². The maximum Gasteiger partial charge on any atom is 0.300 e.